The van der Waals surface area contributed by atoms with Crippen molar-refractivity contribution in [2.75, 3.05) is 14.2 Å². The van der Waals surface area contributed by atoms with Crippen molar-refractivity contribution in [3.63, 3.8) is 0 Å². The number of hydrogen-bond acceptors (Lipinski definition) is 9. The van der Waals surface area contributed by atoms with Crippen molar-refractivity contribution in [2.24, 2.45) is 5.92 Å². The Labute approximate surface area is 219 Å². The number of benzene rings is 2. The van der Waals surface area contributed by atoms with Gasteiger partial charge in [0.05, 0.1) is 25.6 Å². The van der Waals surface area contributed by atoms with Crippen molar-refractivity contribution in [2.45, 2.75) is 44.9 Å². The molecule has 0 bridgehead atoms. The van der Waals surface area contributed by atoms with Crippen LogP contribution in [0.1, 0.15) is 37.3 Å². The van der Waals surface area contributed by atoms with E-state index in [1.54, 1.807) is 38.1 Å². The monoisotopic (exact) mass is 529 g/mol. The number of carbonyl (C=O) groups is 4. The number of ether oxygens (including phenoxy) is 3. The molecule has 0 aliphatic heterocycles. The highest BCUT2D eigenvalue weighted by Gasteiger charge is 2.37. The van der Waals surface area contributed by atoms with Gasteiger partial charge < -0.3 is 24.8 Å². The Hall–Kier alpha value is -4.48. The molecular weight excluding hydrogens is 498 g/mol. The zero-order valence-electron chi connectivity index (χ0n) is 21.5. The maximum Gasteiger partial charge on any atom is 0.408 e. The second-order valence-electron chi connectivity index (χ2n) is 8.67. The average molecular weight is 530 g/mol. The molecule has 2 N–H and O–H groups in total. The first kappa shape index (κ1) is 29.7. The van der Waals surface area contributed by atoms with Gasteiger partial charge in [-0.05, 0) is 17.0 Å². The van der Waals surface area contributed by atoms with Crippen LogP contribution in [-0.4, -0.2) is 55.2 Å². The van der Waals surface area contributed by atoms with E-state index in [2.05, 4.69) is 10.6 Å². The third-order valence-electron chi connectivity index (χ3n) is 5.74. The SMILES string of the molecule is COC(=O)C[C@H](c1ccc([N+](=O)[O-])cc1)[C@@H](NC(=O)[C@@H](NC(=O)OCc1ccccc1)C(C)C)C(=O)OC. The van der Waals surface area contributed by atoms with Crippen LogP contribution >= 0.6 is 0 Å². The summed E-state index contributed by atoms with van der Waals surface area (Å²) in [6, 6.07) is 11.7. The molecule has 0 heterocycles. The fraction of sp³-hybridized carbons (Fsp3) is 0.385. The molecule has 2 rings (SSSR count). The lowest BCUT2D eigenvalue weighted by Crippen LogP contribution is -2.55. The Morgan fingerprint density at radius 1 is 0.895 bits per heavy atom. The molecule has 38 heavy (non-hydrogen) atoms. The second-order valence-corrected chi connectivity index (χ2v) is 8.67. The highest BCUT2D eigenvalue weighted by molar-refractivity contribution is 5.90. The number of nitro groups is 1. The minimum absolute atomic E-state index is 0.00869. The smallest absolute Gasteiger partial charge is 0.408 e. The standard InChI is InChI=1S/C26H31N3O9/c1-16(2)22(28-26(33)38-15-17-8-6-5-7-9-17)24(31)27-23(25(32)37-4)20(14-21(30)36-3)18-10-12-19(13-11-18)29(34)35/h5-13,16,20,22-23H,14-15H2,1-4H3,(H,27,31)(H,28,33)/t20-,22+,23-/m1/s1. The van der Waals surface area contributed by atoms with Crippen LogP contribution in [0.2, 0.25) is 0 Å². The number of alkyl carbamates (subject to hydrolysis) is 1. The number of esters is 2. The lowest BCUT2D eigenvalue weighted by Gasteiger charge is -2.29. The van der Waals surface area contributed by atoms with E-state index in [1.807, 2.05) is 6.07 Å². The van der Waals surface area contributed by atoms with Crippen LogP contribution in [0.15, 0.2) is 54.6 Å². The summed E-state index contributed by atoms with van der Waals surface area (Å²) in [5.41, 5.74) is 0.919. The molecular formula is C26H31N3O9. The zero-order chi connectivity index (χ0) is 28.2. The Kier molecular flexibility index (Phi) is 11.2. The van der Waals surface area contributed by atoms with Crippen LogP contribution in [0.3, 0.4) is 0 Å². The van der Waals surface area contributed by atoms with Crippen molar-refractivity contribution < 1.29 is 38.3 Å². The summed E-state index contributed by atoms with van der Waals surface area (Å²) in [5.74, 6) is -3.66. The van der Waals surface area contributed by atoms with Crippen LogP contribution in [0.4, 0.5) is 10.5 Å². The third-order valence-corrected chi connectivity index (χ3v) is 5.74. The minimum Gasteiger partial charge on any atom is -0.469 e. The quantitative estimate of drug-likeness (QED) is 0.182. The Morgan fingerprint density at radius 2 is 1.53 bits per heavy atom. The Bertz CT molecular complexity index is 1120. The van der Waals surface area contributed by atoms with E-state index in [1.165, 1.54) is 31.4 Å². The van der Waals surface area contributed by atoms with Gasteiger partial charge in [-0.3, -0.25) is 19.7 Å². The van der Waals surface area contributed by atoms with Crippen LogP contribution in [0.25, 0.3) is 0 Å². The number of carbonyl (C=O) groups excluding carboxylic acids is 4. The third kappa shape index (κ3) is 8.57. The fourth-order valence-electron chi connectivity index (χ4n) is 3.65. The van der Waals surface area contributed by atoms with Gasteiger partial charge in [0.1, 0.15) is 18.7 Å². The number of rotatable bonds is 12. The van der Waals surface area contributed by atoms with E-state index in [0.29, 0.717) is 5.56 Å². The lowest BCUT2D eigenvalue weighted by atomic mass is 9.87. The van der Waals surface area contributed by atoms with Crippen molar-refractivity contribution >= 4 is 29.6 Å². The Morgan fingerprint density at radius 3 is 2.05 bits per heavy atom. The van der Waals surface area contributed by atoms with Crippen molar-refractivity contribution in [3.05, 3.63) is 75.8 Å². The first-order valence-corrected chi connectivity index (χ1v) is 11.7. The van der Waals surface area contributed by atoms with E-state index in [4.69, 9.17) is 14.2 Å². The summed E-state index contributed by atoms with van der Waals surface area (Å²) in [6.07, 6.45) is -1.17. The van der Waals surface area contributed by atoms with Crippen LogP contribution in [0, 0.1) is 16.0 Å². The van der Waals surface area contributed by atoms with Gasteiger partial charge >= 0.3 is 18.0 Å². The number of nitro benzene ring substituents is 1. The first-order valence-electron chi connectivity index (χ1n) is 11.7. The summed E-state index contributed by atoms with van der Waals surface area (Å²) in [6.45, 7) is 3.37. The molecule has 12 nitrogen and oxygen atoms in total. The van der Waals surface area contributed by atoms with Gasteiger partial charge in [-0.1, -0.05) is 56.3 Å². The summed E-state index contributed by atoms with van der Waals surface area (Å²) in [5, 5.41) is 16.1. The molecule has 0 aromatic heterocycles. The van der Waals surface area contributed by atoms with E-state index >= 15 is 0 Å². The summed E-state index contributed by atoms with van der Waals surface area (Å²) >= 11 is 0. The number of amides is 2. The minimum atomic E-state index is -1.38. The molecule has 0 aliphatic carbocycles. The molecule has 3 atom stereocenters. The van der Waals surface area contributed by atoms with Gasteiger partial charge in [-0.25, -0.2) is 9.59 Å². The fourth-order valence-corrected chi connectivity index (χ4v) is 3.65. The molecule has 0 saturated heterocycles. The molecule has 0 radical (unpaired) electrons. The Balaban J connectivity index is 2.26. The van der Waals surface area contributed by atoms with Crippen molar-refractivity contribution in [1.82, 2.24) is 10.6 Å². The number of hydrogen-bond donors (Lipinski definition) is 2. The second kappa shape index (κ2) is 14.3. The molecule has 0 aliphatic rings. The average Bonchev–Trinajstić information content (AvgIpc) is 2.92. The molecule has 204 valence electrons. The highest BCUT2D eigenvalue weighted by Crippen LogP contribution is 2.27. The predicted molar refractivity (Wildman–Crippen MR) is 135 cm³/mol. The van der Waals surface area contributed by atoms with E-state index < -0.39 is 52.8 Å². The molecule has 0 fully saturated rings. The van der Waals surface area contributed by atoms with Crippen molar-refractivity contribution in [3.8, 4) is 0 Å². The maximum absolute atomic E-state index is 13.3. The van der Waals surface area contributed by atoms with Gasteiger partial charge in [0.25, 0.3) is 5.69 Å². The summed E-state index contributed by atoms with van der Waals surface area (Å²) in [7, 11) is 2.28. The molecule has 2 amide bonds. The summed E-state index contributed by atoms with van der Waals surface area (Å²) in [4.78, 5) is 61.1. The highest BCUT2D eigenvalue weighted by atomic mass is 16.6. The molecule has 2 aromatic carbocycles. The zero-order valence-corrected chi connectivity index (χ0v) is 21.5. The normalized spacial score (nSPS) is 13.0. The van der Waals surface area contributed by atoms with Gasteiger partial charge in [0.2, 0.25) is 5.91 Å². The first-order chi connectivity index (χ1) is 18.1. The van der Waals surface area contributed by atoms with Gasteiger partial charge in [-0.2, -0.15) is 0 Å². The van der Waals surface area contributed by atoms with Gasteiger partial charge in [-0.15, -0.1) is 0 Å². The lowest BCUT2D eigenvalue weighted by molar-refractivity contribution is -0.384. The molecule has 0 saturated carbocycles. The molecule has 0 unspecified atom stereocenters. The van der Waals surface area contributed by atoms with Gasteiger partial charge in [0.15, 0.2) is 0 Å². The largest absolute Gasteiger partial charge is 0.469 e. The topological polar surface area (TPSA) is 163 Å². The molecule has 0 spiro atoms. The van der Waals surface area contributed by atoms with E-state index in [0.717, 1.165) is 12.7 Å². The van der Waals surface area contributed by atoms with E-state index in [-0.39, 0.29) is 18.7 Å². The number of nitrogens with zero attached hydrogens (tertiary/aromatic N) is 1. The van der Waals surface area contributed by atoms with Crippen LogP contribution in [-0.2, 0) is 35.2 Å². The molecule has 2 aromatic rings. The maximum atomic E-state index is 13.3. The van der Waals surface area contributed by atoms with Gasteiger partial charge in [0, 0.05) is 18.1 Å². The van der Waals surface area contributed by atoms with Crippen LogP contribution in [0.5, 0.6) is 0 Å². The molecule has 12 heteroatoms. The summed E-state index contributed by atoms with van der Waals surface area (Å²) < 4.78 is 14.8. The number of non-ortho nitro benzene ring substituents is 1. The van der Waals surface area contributed by atoms with E-state index in [9.17, 15) is 29.3 Å². The predicted octanol–water partition coefficient (Wildman–Crippen LogP) is 2.85. The number of methoxy groups -OCH3 is 2. The van der Waals surface area contributed by atoms with Crippen LogP contribution < -0.4 is 10.6 Å². The van der Waals surface area contributed by atoms with Crippen molar-refractivity contribution in [1.29, 1.82) is 0 Å². The number of nitrogens with one attached hydrogen (secondary N) is 2.